The van der Waals surface area contributed by atoms with Crippen LogP contribution in [0.5, 0.6) is 17.2 Å². The van der Waals surface area contributed by atoms with E-state index in [1.807, 2.05) is 13.8 Å². The summed E-state index contributed by atoms with van der Waals surface area (Å²) in [7, 11) is 4.63. The number of benzene rings is 1. The van der Waals surface area contributed by atoms with E-state index >= 15 is 0 Å². The molecule has 0 fully saturated rings. The third-order valence-electron chi connectivity index (χ3n) is 3.05. The van der Waals surface area contributed by atoms with Gasteiger partial charge >= 0.3 is 0 Å². The Morgan fingerprint density at radius 1 is 1.10 bits per heavy atom. The van der Waals surface area contributed by atoms with Gasteiger partial charge in [-0.2, -0.15) is 0 Å². The molecule has 112 valence electrons. The van der Waals surface area contributed by atoms with Crippen molar-refractivity contribution in [1.82, 2.24) is 4.90 Å². The van der Waals surface area contributed by atoms with E-state index in [0.29, 0.717) is 35.9 Å². The van der Waals surface area contributed by atoms with Gasteiger partial charge in [-0.05, 0) is 42.5 Å². The first-order valence-corrected chi connectivity index (χ1v) is 7.41. The van der Waals surface area contributed by atoms with Crippen LogP contribution in [0.1, 0.15) is 24.2 Å². The van der Waals surface area contributed by atoms with Crippen LogP contribution in [0.25, 0.3) is 0 Å². The van der Waals surface area contributed by atoms with Gasteiger partial charge in [-0.15, -0.1) is 0 Å². The van der Waals surface area contributed by atoms with Crippen LogP contribution < -0.4 is 14.2 Å². The van der Waals surface area contributed by atoms with Crippen molar-refractivity contribution in [2.75, 3.05) is 34.4 Å². The van der Waals surface area contributed by atoms with Gasteiger partial charge in [0.1, 0.15) is 0 Å². The first-order chi connectivity index (χ1) is 9.55. The van der Waals surface area contributed by atoms with E-state index in [9.17, 15) is 4.79 Å². The molecule has 0 N–H and O–H groups in total. The lowest BCUT2D eigenvalue weighted by Gasteiger charge is -2.22. The fourth-order valence-electron chi connectivity index (χ4n) is 1.96. The zero-order valence-electron chi connectivity index (χ0n) is 12.4. The molecule has 0 saturated heterocycles. The Labute approximate surface area is 133 Å². The molecule has 0 saturated carbocycles. The van der Waals surface area contributed by atoms with Gasteiger partial charge in [0, 0.05) is 13.1 Å². The van der Waals surface area contributed by atoms with Gasteiger partial charge in [0.2, 0.25) is 5.75 Å². The van der Waals surface area contributed by atoms with Crippen LogP contribution in [0.3, 0.4) is 0 Å². The molecule has 0 atom stereocenters. The van der Waals surface area contributed by atoms with Crippen molar-refractivity contribution in [1.29, 1.82) is 0 Å². The summed E-state index contributed by atoms with van der Waals surface area (Å²) in [4.78, 5) is 14.3. The summed E-state index contributed by atoms with van der Waals surface area (Å²) >= 11 is 2.10. The van der Waals surface area contributed by atoms with Crippen LogP contribution in [-0.2, 0) is 0 Å². The van der Waals surface area contributed by atoms with E-state index in [0.717, 1.165) is 3.57 Å². The molecule has 0 aliphatic carbocycles. The normalized spacial score (nSPS) is 10.1. The van der Waals surface area contributed by atoms with E-state index in [4.69, 9.17) is 14.2 Å². The number of nitrogens with zero attached hydrogens (tertiary/aromatic N) is 1. The maximum atomic E-state index is 12.5. The van der Waals surface area contributed by atoms with Crippen molar-refractivity contribution in [2.45, 2.75) is 13.8 Å². The molecule has 5 nitrogen and oxygen atoms in total. The molecule has 0 spiro atoms. The molecule has 0 aliphatic rings. The highest BCUT2D eigenvalue weighted by atomic mass is 127. The number of amides is 1. The summed E-state index contributed by atoms with van der Waals surface area (Å²) in [6.45, 7) is 5.21. The number of carbonyl (C=O) groups excluding carboxylic acids is 1. The second-order valence-electron chi connectivity index (χ2n) is 3.98. The summed E-state index contributed by atoms with van der Waals surface area (Å²) in [5, 5.41) is 0. The van der Waals surface area contributed by atoms with E-state index in [1.165, 1.54) is 7.11 Å². The largest absolute Gasteiger partial charge is 0.493 e. The number of carbonyl (C=O) groups is 1. The number of halogens is 1. The van der Waals surface area contributed by atoms with Crippen LogP contribution in [0, 0.1) is 3.57 Å². The summed E-state index contributed by atoms with van der Waals surface area (Å²) in [5.74, 6) is 1.46. The van der Waals surface area contributed by atoms with Gasteiger partial charge in [-0.3, -0.25) is 4.79 Å². The average molecular weight is 393 g/mol. The average Bonchev–Trinajstić information content (AvgIpc) is 2.47. The standard InChI is InChI=1S/C14H20INO4/c1-6-16(7-2)14(17)9-8-10(18-3)12(19-4)13(20-5)11(9)15/h8H,6-7H2,1-5H3. The fourth-order valence-corrected chi connectivity index (χ4v) is 2.81. The number of ether oxygens (including phenoxy) is 3. The number of methoxy groups -OCH3 is 3. The van der Waals surface area contributed by atoms with Crippen molar-refractivity contribution in [3.05, 3.63) is 15.2 Å². The molecule has 20 heavy (non-hydrogen) atoms. The second kappa shape index (κ2) is 7.56. The Bertz CT molecular complexity index is 487. The minimum absolute atomic E-state index is 0.0429. The predicted molar refractivity (Wildman–Crippen MR) is 86.1 cm³/mol. The third-order valence-corrected chi connectivity index (χ3v) is 4.12. The Hall–Kier alpha value is -1.18. The summed E-state index contributed by atoms with van der Waals surface area (Å²) in [6, 6.07) is 1.70. The lowest BCUT2D eigenvalue weighted by atomic mass is 10.1. The Morgan fingerprint density at radius 3 is 2.05 bits per heavy atom. The highest BCUT2D eigenvalue weighted by molar-refractivity contribution is 14.1. The summed E-state index contributed by atoms with van der Waals surface area (Å²) < 4.78 is 16.7. The highest BCUT2D eigenvalue weighted by Crippen LogP contribution is 2.42. The van der Waals surface area contributed by atoms with Crippen LogP contribution in [-0.4, -0.2) is 45.2 Å². The zero-order chi connectivity index (χ0) is 15.3. The lowest BCUT2D eigenvalue weighted by molar-refractivity contribution is 0.0771. The topological polar surface area (TPSA) is 48.0 Å². The maximum Gasteiger partial charge on any atom is 0.255 e. The highest BCUT2D eigenvalue weighted by Gasteiger charge is 2.24. The first kappa shape index (κ1) is 16.9. The Balaban J connectivity index is 3.45. The Morgan fingerprint density at radius 2 is 1.65 bits per heavy atom. The van der Waals surface area contributed by atoms with Crippen molar-refractivity contribution in [2.24, 2.45) is 0 Å². The first-order valence-electron chi connectivity index (χ1n) is 6.33. The van der Waals surface area contributed by atoms with Crippen molar-refractivity contribution in [3.8, 4) is 17.2 Å². The number of rotatable bonds is 6. The van der Waals surface area contributed by atoms with Crippen molar-refractivity contribution >= 4 is 28.5 Å². The van der Waals surface area contributed by atoms with Gasteiger partial charge < -0.3 is 19.1 Å². The van der Waals surface area contributed by atoms with E-state index in [1.54, 1.807) is 25.2 Å². The van der Waals surface area contributed by atoms with Crippen LogP contribution in [0.4, 0.5) is 0 Å². The summed E-state index contributed by atoms with van der Waals surface area (Å²) in [5.41, 5.74) is 0.559. The molecule has 1 aromatic rings. The number of hydrogen-bond donors (Lipinski definition) is 0. The third kappa shape index (κ3) is 3.11. The minimum atomic E-state index is -0.0429. The van der Waals surface area contributed by atoms with Gasteiger partial charge in [0.15, 0.2) is 11.5 Å². The molecule has 0 heterocycles. The molecule has 1 rings (SSSR count). The van der Waals surface area contributed by atoms with E-state index in [-0.39, 0.29) is 5.91 Å². The summed E-state index contributed by atoms with van der Waals surface area (Å²) in [6.07, 6.45) is 0. The minimum Gasteiger partial charge on any atom is -0.493 e. The molecular weight excluding hydrogens is 373 g/mol. The van der Waals surface area contributed by atoms with Crippen molar-refractivity contribution in [3.63, 3.8) is 0 Å². The van der Waals surface area contributed by atoms with Gasteiger partial charge in [-0.1, -0.05) is 0 Å². The molecule has 0 aromatic heterocycles. The fraction of sp³-hybridized carbons (Fsp3) is 0.500. The van der Waals surface area contributed by atoms with Gasteiger partial charge in [0.25, 0.3) is 5.91 Å². The molecule has 0 aliphatic heterocycles. The van der Waals surface area contributed by atoms with Crippen LogP contribution >= 0.6 is 22.6 Å². The predicted octanol–water partition coefficient (Wildman–Crippen LogP) is 2.80. The van der Waals surface area contributed by atoms with Crippen LogP contribution in [0.2, 0.25) is 0 Å². The zero-order valence-corrected chi connectivity index (χ0v) is 14.6. The second-order valence-corrected chi connectivity index (χ2v) is 5.06. The molecule has 1 amide bonds. The van der Waals surface area contributed by atoms with E-state index < -0.39 is 0 Å². The van der Waals surface area contributed by atoms with Crippen molar-refractivity contribution < 1.29 is 19.0 Å². The van der Waals surface area contributed by atoms with Gasteiger partial charge in [-0.25, -0.2) is 0 Å². The molecule has 6 heteroatoms. The maximum absolute atomic E-state index is 12.5. The SMILES string of the molecule is CCN(CC)C(=O)c1cc(OC)c(OC)c(OC)c1I. The lowest BCUT2D eigenvalue weighted by Crippen LogP contribution is -2.31. The van der Waals surface area contributed by atoms with Crippen LogP contribution in [0.15, 0.2) is 6.07 Å². The smallest absolute Gasteiger partial charge is 0.255 e. The molecule has 0 bridgehead atoms. The van der Waals surface area contributed by atoms with Gasteiger partial charge in [0.05, 0.1) is 30.5 Å². The number of hydrogen-bond acceptors (Lipinski definition) is 4. The monoisotopic (exact) mass is 393 g/mol. The molecule has 0 radical (unpaired) electrons. The quantitative estimate of drug-likeness (QED) is 0.698. The Kier molecular flexibility index (Phi) is 6.38. The molecular formula is C14H20INO4. The van der Waals surface area contributed by atoms with E-state index in [2.05, 4.69) is 22.6 Å². The molecule has 0 unspecified atom stereocenters. The molecule has 1 aromatic carbocycles.